The van der Waals surface area contributed by atoms with Gasteiger partial charge in [0.25, 0.3) is 5.91 Å². The van der Waals surface area contributed by atoms with Crippen molar-refractivity contribution in [2.45, 2.75) is 19.9 Å². The molecule has 164 valence electrons. The lowest BCUT2D eigenvalue weighted by Gasteiger charge is -2.13. The second-order valence-corrected chi connectivity index (χ2v) is 8.64. The van der Waals surface area contributed by atoms with Gasteiger partial charge in [0.1, 0.15) is 17.3 Å². The van der Waals surface area contributed by atoms with Crippen LogP contribution in [0, 0.1) is 12.7 Å². The minimum Gasteiger partial charge on any atom is -0.497 e. The Kier molecular flexibility index (Phi) is 6.71. The van der Waals surface area contributed by atoms with Crippen molar-refractivity contribution < 1.29 is 13.9 Å². The summed E-state index contributed by atoms with van der Waals surface area (Å²) in [5.74, 6) is 0.365. The van der Waals surface area contributed by atoms with Crippen molar-refractivity contribution in [3.05, 3.63) is 99.8 Å². The third kappa shape index (κ3) is 4.92. The zero-order valence-electron chi connectivity index (χ0n) is 18.1. The van der Waals surface area contributed by atoms with E-state index in [4.69, 9.17) is 4.74 Å². The van der Waals surface area contributed by atoms with Crippen molar-refractivity contribution in [2.75, 3.05) is 13.7 Å². The van der Waals surface area contributed by atoms with Crippen LogP contribution in [-0.2, 0) is 13.0 Å². The quantitative estimate of drug-likeness (QED) is 0.376. The van der Waals surface area contributed by atoms with Crippen molar-refractivity contribution in [3.63, 3.8) is 0 Å². The first-order valence-electron chi connectivity index (χ1n) is 10.4. The molecule has 0 saturated heterocycles. The first kappa shape index (κ1) is 21.8. The summed E-state index contributed by atoms with van der Waals surface area (Å²) < 4.78 is 20.6. The van der Waals surface area contributed by atoms with Crippen LogP contribution in [0.15, 0.2) is 72.2 Å². The van der Waals surface area contributed by atoms with Gasteiger partial charge in [0.2, 0.25) is 0 Å². The summed E-state index contributed by atoms with van der Waals surface area (Å²) in [7, 11) is 1.63. The Morgan fingerprint density at radius 2 is 1.84 bits per heavy atom. The molecule has 1 N–H and O–H groups in total. The first-order valence-corrected chi connectivity index (χ1v) is 11.3. The number of halogens is 1. The van der Waals surface area contributed by atoms with Gasteiger partial charge >= 0.3 is 0 Å². The number of methoxy groups -OCH3 is 1. The van der Waals surface area contributed by atoms with Crippen LogP contribution in [-0.4, -0.2) is 24.1 Å². The van der Waals surface area contributed by atoms with Gasteiger partial charge in [-0.2, -0.15) is 0 Å². The standard InChI is InChI=1S/C26H25FN2O2S/c1-18-16-29(17-19-5-9-21(27)10-6-19)25(24(18)20-7-11-22(31-2)12-8-20)26(30)28-14-13-23-4-3-15-32-23/h3-12,15-16H,13-14,17H2,1-2H3,(H,28,30). The number of thiophene rings is 1. The zero-order chi connectivity index (χ0) is 22.5. The summed E-state index contributed by atoms with van der Waals surface area (Å²) in [6.07, 6.45) is 2.77. The number of rotatable bonds is 8. The smallest absolute Gasteiger partial charge is 0.268 e. The van der Waals surface area contributed by atoms with Gasteiger partial charge < -0.3 is 14.6 Å². The summed E-state index contributed by atoms with van der Waals surface area (Å²) in [5.41, 5.74) is 4.37. The molecule has 0 bridgehead atoms. The van der Waals surface area contributed by atoms with E-state index in [2.05, 4.69) is 11.4 Å². The molecule has 0 radical (unpaired) electrons. The van der Waals surface area contributed by atoms with Gasteiger partial charge in [-0.1, -0.05) is 30.3 Å². The SMILES string of the molecule is COc1ccc(-c2c(C)cn(Cc3ccc(F)cc3)c2C(=O)NCCc2cccs2)cc1. The van der Waals surface area contributed by atoms with Crippen LogP contribution in [0.4, 0.5) is 4.39 Å². The number of carbonyl (C=O) groups excluding carboxylic acids is 1. The van der Waals surface area contributed by atoms with E-state index in [0.717, 1.165) is 34.4 Å². The number of hydrogen-bond acceptors (Lipinski definition) is 3. The minimum absolute atomic E-state index is 0.123. The molecule has 0 aliphatic rings. The Morgan fingerprint density at radius 3 is 2.50 bits per heavy atom. The van der Waals surface area contributed by atoms with Crippen molar-refractivity contribution in [3.8, 4) is 16.9 Å². The highest BCUT2D eigenvalue weighted by Gasteiger charge is 2.21. The molecule has 0 atom stereocenters. The summed E-state index contributed by atoms with van der Waals surface area (Å²) in [6, 6.07) is 18.2. The Balaban J connectivity index is 1.66. The van der Waals surface area contributed by atoms with E-state index in [0.29, 0.717) is 18.8 Å². The lowest BCUT2D eigenvalue weighted by atomic mass is 10.0. The molecule has 0 fully saturated rings. The van der Waals surface area contributed by atoms with E-state index in [1.165, 1.54) is 17.0 Å². The van der Waals surface area contributed by atoms with E-state index in [1.807, 2.05) is 53.4 Å². The highest BCUT2D eigenvalue weighted by atomic mass is 32.1. The third-order valence-corrected chi connectivity index (χ3v) is 6.30. The number of aryl methyl sites for hydroxylation is 1. The van der Waals surface area contributed by atoms with Gasteiger partial charge in [0.05, 0.1) is 7.11 Å². The van der Waals surface area contributed by atoms with Crippen molar-refractivity contribution >= 4 is 17.2 Å². The monoisotopic (exact) mass is 448 g/mol. The van der Waals surface area contributed by atoms with Crippen LogP contribution in [0.25, 0.3) is 11.1 Å². The molecule has 2 heterocycles. The highest BCUT2D eigenvalue weighted by Crippen LogP contribution is 2.31. The van der Waals surface area contributed by atoms with Crippen molar-refractivity contribution in [1.82, 2.24) is 9.88 Å². The predicted octanol–water partition coefficient (Wildman–Crippen LogP) is 5.69. The molecule has 2 aromatic heterocycles. The fraction of sp³-hybridized carbons (Fsp3) is 0.192. The van der Waals surface area contributed by atoms with E-state index >= 15 is 0 Å². The lowest BCUT2D eigenvalue weighted by molar-refractivity contribution is 0.0946. The van der Waals surface area contributed by atoms with E-state index in [1.54, 1.807) is 30.6 Å². The Bertz CT molecular complexity index is 1180. The summed E-state index contributed by atoms with van der Waals surface area (Å²) >= 11 is 1.69. The molecular formula is C26H25FN2O2S. The van der Waals surface area contributed by atoms with Crippen LogP contribution in [0.5, 0.6) is 5.75 Å². The van der Waals surface area contributed by atoms with Gasteiger partial charge in [-0.15, -0.1) is 11.3 Å². The summed E-state index contributed by atoms with van der Waals surface area (Å²) in [5, 5.41) is 5.12. The molecule has 4 aromatic rings. The molecule has 0 saturated carbocycles. The minimum atomic E-state index is -0.275. The second kappa shape index (κ2) is 9.83. The Hall–Kier alpha value is -3.38. The van der Waals surface area contributed by atoms with E-state index in [9.17, 15) is 9.18 Å². The van der Waals surface area contributed by atoms with Gasteiger partial charge in [0, 0.05) is 29.7 Å². The number of nitrogens with zero attached hydrogens (tertiary/aromatic N) is 1. The fourth-order valence-corrected chi connectivity index (χ4v) is 4.52. The van der Waals surface area contributed by atoms with Crippen LogP contribution >= 0.6 is 11.3 Å². The van der Waals surface area contributed by atoms with Gasteiger partial charge in [0.15, 0.2) is 0 Å². The highest BCUT2D eigenvalue weighted by molar-refractivity contribution is 7.09. The average molecular weight is 449 g/mol. The molecule has 6 heteroatoms. The maximum Gasteiger partial charge on any atom is 0.268 e. The average Bonchev–Trinajstić information content (AvgIpc) is 3.43. The molecule has 1 amide bonds. The molecular weight excluding hydrogens is 423 g/mol. The molecule has 4 rings (SSSR count). The number of ether oxygens (including phenoxy) is 1. The molecule has 0 aliphatic carbocycles. The van der Waals surface area contributed by atoms with Crippen LogP contribution < -0.4 is 10.1 Å². The largest absolute Gasteiger partial charge is 0.497 e. The maximum atomic E-state index is 13.4. The first-order chi connectivity index (χ1) is 15.5. The molecule has 0 aliphatic heterocycles. The summed E-state index contributed by atoms with van der Waals surface area (Å²) in [4.78, 5) is 14.6. The maximum absolute atomic E-state index is 13.4. The third-order valence-electron chi connectivity index (χ3n) is 5.36. The molecule has 4 nitrogen and oxygen atoms in total. The Morgan fingerprint density at radius 1 is 1.09 bits per heavy atom. The topological polar surface area (TPSA) is 43.3 Å². The van der Waals surface area contributed by atoms with Crippen molar-refractivity contribution in [2.24, 2.45) is 0 Å². The zero-order valence-corrected chi connectivity index (χ0v) is 18.9. The fourth-order valence-electron chi connectivity index (χ4n) is 3.81. The number of amides is 1. The van der Waals surface area contributed by atoms with Gasteiger partial charge in [-0.25, -0.2) is 4.39 Å². The molecule has 0 spiro atoms. The predicted molar refractivity (Wildman–Crippen MR) is 127 cm³/mol. The molecule has 0 unspecified atom stereocenters. The summed E-state index contributed by atoms with van der Waals surface area (Å²) in [6.45, 7) is 3.04. The van der Waals surface area contributed by atoms with Gasteiger partial charge in [-0.3, -0.25) is 4.79 Å². The molecule has 32 heavy (non-hydrogen) atoms. The van der Waals surface area contributed by atoms with Crippen LogP contribution in [0.3, 0.4) is 0 Å². The normalized spacial score (nSPS) is 10.8. The number of carbonyl (C=O) groups is 1. The number of aromatic nitrogens is 1. The second-order valence-electron chi connectivity index (χ2n) is 7.60. The van der Waals surface area contributed by atoms with Crippen molar-refractivity contribution in [1.29, 1.82) is 0 Å². The molecule has 2 aromatic carbocycles. The van der Waals surface area contributed by atoms with E-state index in [-0.39, 0.29) is 11.7 Å². The number of hydrogen-bond donors (Lipinski definition) is 1. The van der Waals surface area contributed by atoms with Crippen LogP contribution in [0.2, 0.25) is 0 Å². The lowest BCUT2D eigenvalue weighted by Crippen LogP contribution is -2.28. The van der Waals surface area contributed by atoms with Crippen LogP contribution in [0.1, 0.15) is 26.5 Å². The number of benzene rings is 2. The number of nitrogens with one attached hydrogen (secondary N) is 1. The van der Waals surface area contributed by atoms with Gasteiger partial charge in [-0.05, 0) is 65.7 Å². The Labute approximate surface area is 191 Å². The van der Waals surface area contributed by atoms with E-state index < -0.39 is 0 Å².